The number of hydrogen-bond acceptors (Lipinski definition) is 4. The third kappa shape index (κ3) is 6.74. The Kier molecular flexibility index (Phi) is 7.25. The first kappa shape index (κ1) is 19.2. The summed E-state index contributed by atoms with van der Waals surface area (Å²) in [4.78, 5) is 12.0. The smallest absolute Gasteiger partial charge is 0.262 e. The van der Waals surface area contributed by atoms with Crippen LogP contribution in [0.25, 0.3) is 0 Å². The predicted octanol–water partition coefficient (Wildman–Crippen LogP) is 3.14. The largest absolute Gasteiger partial charge is 0.483 e. The number of nitrogens with one attached hydrogen (secondary N) is 2. The molecule has 2 aromatic carbocycles. The van der Waals surface area contributed by atoms with Gasteiger partial charge in [-0.15, -0.1) is 0 Å². The zero-order chi connectivity index (χ0) is 18.2. The van der Waals surface area contributed by atoms with E-state index in [0.29, 0.717) is 23.9 Å². The third-order valence-electron chi connectivity index (χ3n) is 3.47. The summed E-state index contributed by atoms with van der Waals surface area (Å²) in [5, 5.41) is 15.8. The molecule has 0 spiro atoms. The van der Waals surface area contributed by atoms with Crippen LogP contribution in [0.5, 0.6) is 5.75 Å². The van der Waals surface area contributed by atoms with E-state index in [1.165, 1.54) is 0 Å². The average molecular weight is 363 g/mol. The van der Waals surface area contributed by atoms with Crippen LogP contribution in [-0.2, 0) is 11.3 Å². The van der Waals surface area contributed by atoms with E-state index in [0.717, 1.165) is 16.8 Å². The molecule has 0 unspecified atom stereocenters. The maximum atomic E-state index is 12.0. The van der Waals surface area contributed by atoms with Gasteiger partial charge < -0.3 is 20.5 Å². The van der Waals surface area contributed by atoms with Gasteiger partial charge in [0.15, 0.2) is 6.61 Å². The minimum absolute atomic E-state index is 0.0983. The second-order valence-electron chi connectivity index (χ2n) is 5.93. The van der Waals surface area contributed by atoms with E-state index in [9.17, 15) is 9.90 Å². The lowest BCUT2D eigenvalue weighted by molar-refractivity contribution is -0.118. The van der Waals surface area contributed by atoms with E-state index in [1.807, 2.05) is 31.2 Å². The molecule has 0 aliphatic carbocycles. The fourth-order valence-electron chi connectivity index (χ4n) is 2.22. The van der Waals surface area contributed by atoms with Crippen molar-refractivity contribution in [2.45, 2.75) is 26.5 Å². The fraction of sp³-hybridized carbons (Fsp3) is 0.316. The minimum Gasteiger partial charge on any atom is -0.483 e. The summed E-state index contributed by atoms with van der Waals surface area (Å²) in [6, 6.07) is 12.8. The Labute approximate surface area is 153 Å². The third-order valence-corrected chi connectivity index (χ3v) is 3.71. The number of carbonyl (C=O) groups excluding carboxylic acids is 1. The number of rotatable bonds is 8. The van der Waals surface area contributed by atoms with Crippen molar-refractivity contribution >= 4 is 23.2 Å². The summed E-state index contributed by atoms with van der Waals surface area (Å²) in [7, 11) is 0. The molecule has 1 atom stereocenters. The van der Waals surface area contributed by atoms with Gasteiger partial charge >= 0.3 is 0 Å². The summed E-state index contributed by atoms with van der Waals surface area (Å²) >= 11 is 6.03. The Morgan fingerprint density at radius 2 is 1.96 bits per heavy atom. The van der Waals surface area contributed by atoms with Gasteiger partial charge in [0.25, 0.3) is 5.91 Å². The zero-order valence-corrected chi connectivity index (χ0v) is 15.1. The Hall–Kier alpha value is -2.08. The Morgan fingerprint density at radius 1 is 1.24 bits per heavy atom. The number of amides is 1. The van der Waals surface area contributed by atoms with Crippen LogP contribution in [0, 0.1) is 6.92 Å². The minimum atomic E-state index is -0.441. The van der Waals surface area contributed by atoms with Crippen molar-refractivity contribution in [2.24, 2.45) is 0 Å². The summed E-state index contributed by atoms with van der Waals surface area (Å²) in [5.41, 5.74) is 2.69. The quantitative estimate of drug-likeness (QED) is 0.674. The van der Waals surface area contributed by atoms with Crippen molar-refractivity contribution in [3.63, 3.8) is 0 Å². The van der Waals surface area contributed by atoms with Crippen LogP contribution in [0.3, 0.4) is 0 Å². The van der Waals surface area contributed by atoms with E-state index < -0.39 is 6.10 Å². The van der Waals surface area contributed by atoms with Crippen molar-refractivity contribution < 1.29 is 14.6 Å². The lowest BCUT2D eigenvalue weighted by Crippen LogP contribution is -2.24. The highest BCUT2D eigenvalue weighted by Gasteiger charge is 2.09. The lowest BCUT2D eigenvalue weighted by atomic mass is 10.2. The van der Waals surface area contributed by atoms with Crippen LogP contribution in [0.2, 0.25) is 5.02 Å². The average Bonchev–Trinajstić information content (AvgIpc) is 2.56. The molecule has 0 aliphatic heterocycles. The van der Waals surface area contributed by atoms with Gasteiger partial charge in [0, 0.05) is 29.4 Å². The number of benzene rings is 2. The number of halogens is 1. The van der Waals surface area contributed by atoms with Gasteiger partial charge in [-0.1, -0.05) is 29.3 Å². The van der Waals surface area contributed by atoms with E-state index >= 15 is 0 Å². The van der Waals surface area contributed by atoms with E-state index in [-0.39, 0.29) is 12.5 Å². The van der Waals surface area contributed by atoms with Crippen LogP contribution < -0.4 is 15.4 Å². The molecule has 0 bridgehead atoms. The maximum absolute atomic E-state index is 12.0. The normalized spacial score (nSPS) is 11.8. The predicted molar refractivity (Wildman–Crippen MR) is 100 cm³/mol. The van der Waals surface area contributed by atoms with Crippen molar-refractivity contribution in [3.05, 3.63) is 58.6 Å². The summed E-state index contributed by atoms with van der Waals surface area (Å²) < 4.78 is 5.63. The van der Waals surface area contributed by atoms with Crippen LogP contribution in [0.15, 0.2) is 42.5 Å². The number of hydrogen-bond donors (Lipinski definition) is 3. The van der Waals surface area contributed by atoms with Gasteiger partial charge in [0.05, 0.1) is 6.10 Å². The van der Waals surface area contributed by atoms with Crippen molar-refractivity contribution in [1.29, 1.82) is 0 Å². The van der Waals surface area contributed by atoms with Gasteiger partial charge in [-0.05, 0) is 44.2 Å². The van der Waals surface area contributed by atoms with Crippen LogP contribution in [0.1, 0.15) is 18.1 Å². The van der Waals surface area contributed by atoms with Crippen LogP contribution in [-0.4, -0.2) is 30.3 Å². The Balaban J connectivity index is 1.92. The number of carbonyl (C=O) groups is 1. The molecule has 3 N–H and O–H groups in total. The van der Waals surface area contributed by atoms with Crippen molar-refractivity contribution in [3.8, 4) is 5.75 Å². The molecule has 0 aliphatic rings. The molecule has 134 valence electrons. The molecule has 25 heavy (non-hydrogen) atoms. The number of anilines is 1. The standard InChI is InChI=1S/C19H23ClN2O3/c1-13-3-6-17(7-4-13)22-19(24)12-25-18-8-5-16(20)9-15(18)11-21-10-14(2)23/h3-9,14,21,23H,10-12H2,1-2H3,(H,22,24)/t14-/m0/s1. The van der Waals surface area contributed by atoms with Gasteiger partial charge in [0.2, 0.25) is 0 Å². The zero-order valence-electron chi connectivity index (χ0n) is 14.4. The maximum Gasteiger partial charge on any atom is 0.262 e. The molecule has 0 aromatic heterocycles. The van der Waals surface area contributed by atoms with Crippen LogP contribution in [0.4, 0.5) is 5.69 Å². The Morgan fingerprint density at radius 3 is 2.64 bits per heavy atom. The summed E-state index contributed by atoms with van der Waals surface area (Å²) in [6.07, 6.45) is -0.441. The highest BCUT2D eigenvalue weighted by atomic mass is 35.5. The second kappa shape index (κ2) is 9.42. The topological polar surface area (TPSA) is 70.6 Å². The van der Waals surface area contributed by atoms with Gasteiger partial charge in [-0.25, -0.2) is 0 Å². The second-order valence-corrected chi connectivity index (χ2v) is 6.37. The number of aliphatic hydroxyl groups excluding tert-OH is 1. The monoisotopic (exact) mass is 362 g/mol. The lowest BCUT2D eigenvalue weighted by Gasteiger charge is -2.13. The molecular weight excluding hydrogens is 340 g/mol. The number of ether oxygens (including phenoxy) is 1. The molecule has 0 saturated heterocycles. The molecule has 1 amide bonds. The molecule has 2 aromatic rings. The summed E-state index contributed by atoms with van der Waals surface area (Å²) in [6.45, 7) is 4.54. The van der Waals surface area contributed by atoms with Gasteiger partial charge in [-0.2, -0.15) is 0 Å². The molecule has 2 rings (SSSR count). The number of aliphatic hydroxyl groups is 1. The Bertz CT molecular complexity index is 702. The van der Waals surface area contributed by atoms with Crippen molar-refractivity contribution in [1.82, 2.24) is 5.32 Å². The first-order valence-corrected chi connectivity index (χ1v) is 8.48. The van der Waals surface area contributed by atoms with E-state index in [1.54, 1.807) is 25.1 Å². The van der Waals surface area contributed by atoms with Crippen molar-refractivity contribution in [2.75, 3.05) is 18.5 Å². The van der Waals surface area contributed by atoms with E-state index in [2.05, 4.69) is 10.6 Å². The first-order chi connectivity index (χ1) is 11.9. The molecular formula is C19H23ClN2O3. The number of aryl methyl sites for hydroxylation is 1. The highest BCUT2D eigenvalue weighted by molar-refractivity contribution is 6.30. The molecule has 0 radical (unpaired) electrons. The molecule has 0 saturated carbocycles. The highest BCUT2D eigenvalue weighted by Crippen LogP contribution is 2.23. The van der Waals surface area contributed by atoms with Crippen LogP contribution >= 0.6 is 11.6 Å². The SMILES string of the molecule is Cc1ccc(NC(=O)COc2ccc(Cl)cc2CNC[C@H](C)O)cc1. The molecule has 6 heteroatoms. The van der Waals surface area contributed by atoms with E-state index in [4.69, 9.17) is 16.3 Å². The van der Waals surface area contributed by atoms with Gasteiger partial charge in [0.1, 0.15) is 5.75 Å². The summed E-state index contributed by atoms with van der Waals surface area (Å²) in [5.74, 6) is 0.350. The molecule has 0 fully saturated rings. The molecule has 5 nitrogen and oxygen atoms in total. The first-order valence-electron chi connectivity index (χ1n) is 8.10. The fourth-order valence-corrected chi connectivity index (χ4v) is 2.41. The molecule has 0 heterocycles. The van der Waals surface area contributed by atoms with Gasteiger partial charge in [-0.3, -0.25) is 4.79 Å².